The third kappa shape index (κ3) is 6.15. The van der Waals surface area contributed by atoms with Crippen LogP contribution in [0.4, 0.5) is 10.5 Å². The molecule has 174 valence electrons. The monoisotopic (exact) mass is 509 g/mol. The second-order valence-corrected chi connectivity index (χ2v) is 9.17. The average Bonchev–Trinajstić information content (AvgIpc) is 3.12. The molecule has 1 aromatic heterocycles. The number of H-pyrrole nitrogens is 2. The Morgan fingerprint density at radius 1 is 1.12 bits per heavy atom. The molecule has 0 aliphatic carbocycles. The molecular weight excluding hydrogens is 480 g/mol. The molecule has 3 rings (SSSR count). The van der Waals surface area contributed by atoms with Gasteiger partial charge in [-0.1, -0.05) is 0 Å². The van der Waals surface area contributed by atoms with Crippen LogP contribution in [0.2, 0.25) is 0 Å². The Morgan fingerprint density at radius 2 is 1.78 bits per heavy atom. The van der Waals surface area contributed by atoms with E-state index >= 15 is 0 Å². The fourth-order valence-electron chi connectivity index (χ4n) is 3.22. The molecule has 1 aliphatic rings. The number of nitrogens with one attached hydrogen (secondary N) is 2. The smallest absolute Gasteiger partial charge is 0.410 e. The maximum atomic E-state index is 12.2. The number of benzene rings is 1. The average molecular weight is 510 g/mol. The molecular formula is C22H30BrN4O5+. The van der Waals surface area contributed by atoms with Crippen molar-refractivity contribution in [3.05, 3.63) is 40.1 Å². The standard InChI is InChI=1S/C22H29BrN4O5/c1-5-30-20(28)19-18(23)17(24-25-19)14-31-16-8-6-15(7-9-16)26-10-12-27(13-11-26)21(29)32-22(2,3)4/h6-9H,5,10-14H2,1-4H3,(H,24,25)/p+1. The first-order chi connectivity index (χ1) is 15.2. The highest BCUT2D eigenvalue weighted by Gasteiger charge is 2.27. The number of ether oxygens (including phenoxy) is 3. The number of aromatic amines is 2. The normalized spacial score (nSPS) is 14.3. The van der Waals surface area contributed by atoms with E-state index in [1.165, 1.54) is 0 Å². The lowest BCUT2D eigenvalue weighted by molar-refractivity contribution is -0.454. The van der Waals surface area contributed by atoms with Gasteiger partial charge in [0.2, 0.25) is 0 Å². The van der Waals surface area contributed by atoms with Gasteiger partial charge in [-0.05, 0) is 67.9 Å². The van der Waals surface area contributed by atoms with Crippen molar-refractivity contribution >= 4 is 33.7 Å². The molecule has 1 aromatic carbocycles. The van der Waals surface area contributed by atoms with E-state index in [-0.39, 0.29) is 12.7 Å². The van der Waals surface area contributed by atoms with E-state index in [1.54, 1.807) is 11.8 Å². The van der Waals surface area contributed by atoms with Crippen LogP contribution in [0.15, 0.2) is 28.7 Å². The fraction of sp³-hybridized carbons (Fsp3) is 0.500. The van der Waals surface area contributed by atoms with E-state index in [2.05, 4.69) is 31.0 Å². The number of anilines is 1. The van der Waals surface area contributed by atoms with Crippen LogP contribution in [0.5, 0.6) is 5.75 Å². The molecule has 9 nitrogen and oxygen atoms in total. The zero-order valence-corrected chi connectivity index (χ0v) is 20.5. The summed E-state index contributed by atoms with van der Waals surface area (Å²) in [5, 5.41) is 5.73. The predicted molar refractivity (Wildman–Crippen MR) is 122 cm³/mol. The van der Waals surface area contributed by atoms with Crippen LogP contribution in [0.1, 0.15) is 43.9 Å². The highest BCUT2D eigenvalue weighted by Crippen LogP contribution is 2.24. The predicted octanol–water partition coefficient (Wildman–Crippen LogP) is 3.40. The summed E-state index contributed by atoms with van der Waals surface area (Å²) in [6.07, 6.45) is -0.264. The quantitative estimate of drug-likeness (QED) is 0.599. The molecule has 0 radical (unpaired) electrons. The zero-order chi connectivity index (χ0) is 23.3. The van der Waals surface area contributed by atoms with E-state index in [9.17, 15) is 9.59 Å². The Hall–Kier alpha value is -2.75. The van der Waals surface area contributed by atoms with Gasteiger partial charge in [0.05, 0.1) is 6.61 Å². The number of aromatic nitrogens is 2. The van der Waals surface area contributed by atoms with Crippen LogP contribution in [0.25, 0.3) is 0 Å². The Morgan fingerprint density at radius 3 is 2.38 bits per heavy atom. The molecule has 1 fully saturated rings. The Balaban J connectivity index is 1.51. The Labute approximate surface area is 196 Å². The van der Waals surface area contributed by atoms with Gasteiger partial charge >= 0.3 is 17.8 Å². The fourth-order valence-corrected chi connectivity index (χ4v) is 3.70. The first-order valence-corrected chi connectivity index (χ1v) is 11.4. The minimum absolute atomic E-state index is 0.254. The summed E-state index contributed by atoms with van der Waals surface area (Å²) in [4.78, 5) is 28.1. The largest absolute Gasteiger partial charge is 0.487 e. The third-order valence-electron chi connectivity index (χ3n) is 4.82. The van der Waals surface area contributed by atoms with Crippen LogP contribution in [0, 0.1) is 0 Å². The molecule has 0 atom stereocenters. The van der Waals surface area contributed by atoms with Crippen LogP contribution in [-0.2, 0) is 16.1 Å². The molecule has 10 heteroatoms. The van der Waals surface area contributed by atoms with Crippen LogP contribution >= 0.6 is 15.9 Å². The summed E-state index contributed by atoms with van der Waals surface area (Å²) in [6, 6.07) is 7.81. The SMILES string of the molecule is CCOC(=O)c1[nH+][nH]c(COc2ccc(N3CCN(C(=O)OC(C)(C)C)CC3)cc2)c1Br. The molecule has 0 unspecified atom stereocenters. The number of amides is 1. The van der Waals surface area contributed by atoms with Gasteiger partial charge in [0.25, 0.3) is 0 Å². The molecule has 2 heterocycles. The summed E-state index contributed by atoms with van der Waals surface area (Å²) >= 11 is 3.40. The maximum Gasteiger partial charge on any atom is 0.410 e. The molecule has 0 saturated carbocycles. The molecule has 32 heavy (non-hydrogen) atoms. The lowest BCUT2D eigenvalue weighted by Crippen LogP contribution is -2.50. The summed E-state index contributed by atoms with van der Waals surface area (Å²) in [5.74, 6) is 0.276. The zero-order valence-electron chi connectivity index (χ0n) is 18.9. The molecule has 2 N–H and O–H groups in total. The molecule has 1 saturated heterocycles. The van der Waals surface area contributed by atoms with Gasteiger partial charge in [-0.3, -0.25) is 0 Å². The molecule has 1 aliphatic heterocycles. The summed E-state index contributed by atoms with van der Waals surface area (Å²) in [5.41, 5.74) is 1.61. The van der Waals surface area contributed by atoms with Crippen molar-refractivity contribution in [3.63, 3.8) is 0 Å². The van der Waals surface area contributed by atoms with Gasteiger partial charge in [-0.2, -0.15) is 5.10 Å². The number of hydrogen-bond acceptors (Lipinski definition) is 6. The minimum Gasteiger partial charge on any atom is -0.487 e. The number of carbonyl (C=O) groups excluding carboxylic acids is 2. The topological polar surface area (TPSA) is 98.2 Å². The molecule has 2 aromatic rings. The van der Waals surface area contributed by atoms with E-state index in [1.807, 2.05) is 45.0 Å². The summed E-state index contributed by atoms with van der Waals surface area (Å²) < 4.78 is 16.9. The van der Waals surface area contributed by atoms with Gasteiger partial charge in [0.15, 0.2) is 0 Å². The number of piperazine rings is 1. The number of hydrogen-bond donors (Lipinski definition) is 1. The Kier molecular flexibility index (Phi) is 7.65. The first-order valence-electron chi connectivity index (χ1n) is 10.6. The highest BCUT2D eigenvalue weighted by atomic mass is 79.9. The van der Waals surface area contributed by atoms with Gasteiger partial charge < -0.3 is 24.0 Å². The van der Waals surface area contributed by atoms with Gasteiger partial charge in [-0.15, -0.1) is 5.10 Å². The van der Waals surface area contributed by atoms with E-state index in [0.717, 1.165) is 18.8 Å². The molecule has 0 spiro atoms. The van der Waals surface area contributed by atoms with E-state index in [0.29, 0.717) is 41.3 Å². The van der Waals surface area contributed by atoms with Crippen molar-refractivity contribution in [1.82, 2.24) is 10.00 Å². The first kappa shape index (κ1) is 23.9. The number of nitrogens with zero attached hydrogens (tertiary/aromatic N) is 2. The van der Waals surface area contributed by atoms with E-state index < -0.39 is 11.6 Å². The van der Waals surface area contributed by atoms with Crippen molar-refractivity contribution in [3.8, 4) is 5.75 Å². The van der Waals surface area contributed by atoms with Crippen LogP contribution in [-0.4, -0.2) is 60.4 Å². The van der Waals surface area contributed by atoms with Crippen molar-refractivity contribution in [2.45, 2.75) is 39.9 Å². The lowest BCUT2D eigenvalue weighted by Gasteiger charge is -2.36. The maximum absolute atomic E-state index is 12.2. The highest BCUT2D eigenvalue weighted by molar-refractivity contribution is 9.10. The van der Waals surface area contributed by atoms with Crippen molar-refractivity contribution in [2.75, 3.05) is 37.7 Å². The van der Waals surface area contributed by atoms with Crippen molar-refractivity contribution in [2.24, 2.45) is 0 Å². The number of carbonyl (C=O) groups is 2. The minimum atomic E-state index is -0.488. The summed E-state index contributed by atoms with van der Waals surface area (Å²) in [6.45, 7) is 10.6. The second kappa shape index (κ2) is 10.2. The molecule has 1 amide bonds. The lowest BCUT2D eigenvalue weighted by atomic mass is 10.2. The number of halogens is 1. The summed E-state index contributed by atoms with van der Waals surface area (Å²) in [7, 11) is 0. The van der Waals surface area contributed by atoms with Gasteiger partial charge in [0, 0.05) is 31.9 Å². The number of rotatable bonds is 6. The Bertz CT molecular complexity index is 931. The van der Waals surface area contributed by atoms with Gasteiger partial charge in [-0.25, -0.2) is 9.59 Å². The number of esters is 1. The van der Waals surface area contributed by atoms with Crippen molar-refractivity contribution < 1.29 is 28.9 Å². The van der Waals surface area contributed by atoms with Gasteiger partial charge in [0.1, 0.15) is 28.1 Å². The van der Waals surface area contributed by atoms with Crippen molar-refractivity contribution in [1.29, 1.82) is 0 Å². The van der Waals surface area contributed by atoms with Crippen LogP contribution in [0.3, 0.4) is 0 Å². The third-order valence-corrected chi connectivity index (χ3v) is 5.69. The molecule has 0 bridgehead atoms. The second-order valence-electron chi connectivity index (χ2n) is 8.38. The van der Waals surface area contributed by atoms with E-state index in [4.69, 9.17) is 14.2 Å². The van der Waals surface area contributed by atoms with Crippen LogP contribution < -0.4 is 14.7 Å².